The summed E-state index contributed by atoms with van der Waals surface area (Å²) in [6, 6.07) is 7.86. The number of para-hydroxylation sites is 1. The molecule has 0 atom stereocenters. The first-order valence-electron chi connectivity index (χ1n) is 7.07. The monoisotopic (exact) mass is 320 g/mol. The highest BCUT2D eigenvalue weighted by molar-refractivity contribution is 7.15. The van der Waals surface area contributed by atoms with Gasteiger partial charge in [-0.25, -0.2) is 0 Å². The van der Waals surface area contributed by atoms with Crippen molar-refractivity contribution in [1.82, 2.24) is 15.1 Å². The average molecular weight is 320 g/mol. The maximum absolute atomic E-state index is 12.0. The number of likely N-dealkylation sites (N-methyl/N-ethyl adjacent to an activating group) is 1. The Morgan fingerprint density at radius 1 is 1.36 bits per heavy atom. The molecule has 1 N–H and O–H groups in total. The summed E-state index contributed by atoms with van der Waals surface area (Å²) in [7, 11) is 1.90. The number of carbonyl (C=O) groups is 1. The molecule has 0 unspecified atom stereocenters. The fourth-order valence-corrected chi connectivity index (χ4v) is 2.64. The summed E-state index contributed by atoms with van der Waals surface area (Å²) < 4.78 is 5.60. The minimum Gasteiger partial charge on any atom is -0.494 e. The largest absolute Gasteiger partial charge is 0.494 e. The first-order valence-corrected chi connectivity index (χ1v) is 7.89. The molecule has 1 aromatic carbocycles. The van der Waals surface area contributed by atoms with Crippen LogP contribution in [0.2, 0.25) is 0 Å². The van der Waals surface area contributed by atoms with Crippen LogP contribution in [0.3, 0.4) is 0 Å². The van der Waals surface area contributed by atoms with Crippen LogP contribution >= 0.6 is 11.3 Å². The number of nitrogens with zero attached hydrogens (tertiary/aromatic N) is 3. The lowest BCUT2D eigenvalue weighted by Gasteiger charge is -2.18. The molecular weight excluding hydrogens is 300 g/mol. The zero-order valence-electron chi connectivity index (χ0n) is 13.0. The van der Waals surface area contributed by atoms with Crippen LogP contribution in [0.4, 0.5) is 5.13 Å². The normalized spacial score (nSPS) is 10.7. The molecule has 0 fully saturated rings. The summed E-state index contributed by atoms with van der Waals surface area (Å²) in [4.78, 5) is 13.9. The summed E-state index contributed by atoms with van der Waals surface area (Å²) in [5, 5.41) is 11.9. The Labute approximate surface area is 134 Å². The number of hydrogen-bond donors (Lipinski definition) is 1. The fourth-order valence-electron chi connectivity index (χ4n) is 2.03. The molecule has 0 aliphatic carbocycles. The molecule has 1 heterocycles. The van der Waals surface area contributed by atoms with Crippen molar-refractivity contribution < 1.29 is 9.53 Å². The standard InChI is InChI=1S/C15H20N4O2S/c1-4-21-13-8-6-5-7-12(13)9-19(3)10-14(20)16-15-18-17-11(2)22-15/h5-8H,4,9-10H2,1-3H3,(H,16,18,20). The number of anilines is 1. The van der Waals surface area contributed by atoms with E-state index in [-0.39, 0.29) is 12.5 Å². The van der Waals surface area contributed by atoms with Gasteiger partial charge in [-0.2, -0.15) is 0 Å². The van der Waals surface area contributed by atoms with Crippen LogP contribution in [-0.4, -0.2) is 41.2 Å². The molecule has 0 spiro atoms. The van der Waals surface area contributed by atoms with Crippen LogP contribution in [0.15, 0.2) is 24.3 Å². The molecule has 0 aliphatic heterocycles. The number of aryl methyl sites for hydroxylation is 1. The van der Waals surface area contributed by atoms with E-state index in [1.807, 2.05) is 50.1 Å². The van der Waals surface area contributed by atoms with Gasteiger partial charge >= 0.3 is 0 Å². The summed E-state index contributed by atoms with van der Waals surface area (Å²) in [6.45, 7) is 5.34. The van der Waals surface area contributed by atoms with Crippen molar-refractivity contribution in [2.75, 3.05) is 25.5 Å². The van der Waals surface area contributed by atoms with Gasteiger partial charge in [-0.05, 0) is 27.0 Å². The highest BCUT2D eigenvalue weighted by Crippen LogP contribution is 2.19. The van der Waals surface area contributed by atoms with Crippen LogP contribution in [-0.2, 0) is 11.3 Å². The molecule has 2 rings (SSSR count). The van der Waals surface area contributed by atoms with E-state index in [1.54, 1.807) is 0 Å². The summed E-state index contributed by atoms with van der Waals surface area (Å²) in [6.07, 6.45) is 0. The third-order valence-electron chi connectivity index (χ3n) is 2.90. The summed E-state index contributed by atoms with van der Waals surface area (Å²) >= 11 is 1.36. The van der Waals surface area contributed by atoms with Gasteiger partial charge in [0.05, 0.1) is 13.2 Å². The number of benzene rings is 1. The zero-order chi connectivity index (χ0) is 15.9. The van der Waals surface area contributed by atoms with Crippen molar-refractivity contribution in [2.24, 2.45) is 0 Å². The molecule has 0 radical (unpaired) electrons. The van der Waals surface area contributed by atoms with E-state index < -0.39 is 0 Å². The Morgan fingerprint density at radius 2 is 2.14 bits per heavy atom. The van der Waals surface area contributed by atoms with Gasteiger partial charge < -0.3 is 4.74 Å². The number of aromatic nitrogens is 2. The van der Waals surface area contributed by atoms with Gasteiger partial charge in [0.25, 0.3) is 0 Å². The van der Waals surface area contributed by atoms with Crippen molar-refractivity contribution >= 4 is 22.4 Å². The Bertz CT molecular complexity index is 630. The molecule has 2 aromatic rings. The van der Waals surface area contributed by atoms with E-state index >= 15 is 0 Å². The minimum atomic E-state index is -0.104. The molecule has 118 valence electrons. The number of hydrogen-bond acceptors (Lipinski definition) is 6. The minimum absolute atomic E-state index is 0.104. The number of ether oxygens (including phenoxy) is 1. The third-order valence-corrected chi connectivity index (χ3v) is 3.65. The maximum Gasteiger partial charge on any atom is 0.240 e. The molecule has 0 saturated carbocycles. The second-order valence-corrected chi connectivity index (χ2v) is 6.07. The topological polar surface area (TPSA) is 67.3 Å². The first kappa shape index (κ1) is 16.4. The molecule has 1 aromatic heterocycles. The van der Waals surface area contributed by atoms with Gasteiger partial charge in [0.1, 0.15) is 10.8 Å². The van der Waals surface area contributed by atoms with Crippen LogP contribution in [0.5, 0.6) is 5.75 Å². The zero-order valence-corrected chi connectivity index (χ0v) is 13.8. The van der Waals surface area contributed by atoms with Crippen molar-refractivity contribution in [1.29, 1.82) is 0 Å². The predicted octanol–water partition coefficient (Wildman–Crippen LogP) is 2.32. The number of nitrogens with one attached hydrogen (secondary N) is 1. The van der Waals surface area contributed by atoms with E-state index in [0.29, 0.717) is 18.3 Å². The molecular formula is C15H20N4O2S. The third kappa shape index (κ3) is 4.78. The Kier molecular flexibility index (Phi) is 5.85. The van der Waals surface area contributed by atoms with Gasteiger partial charge in [-0.3, -0.25) is 15.0 Å². The Hall–Kier alpha value is -1.99. The van der Waals surface area contributed by atoms with Gasteiger partial charge in [0.15, 0.2) is 0 Å². The molecule has 7 heteroatoms. The number of rotatable bonds is 7. The lowest BCUT2D eigenvalue weighted by Crippen LogP contribution is -2.30. The first-order chi connectivity index (χ1) is 10.6. The highest BCUT2D eigenvalue weighted by Gasteiger charge is 2.11. The summed E-state index contributed by atoms with van der Waals surface area (Å²) in [5.74, 6) is 0.754. The molecule has 6 nitrogen and oxygen atoms in total. The maximum atomic E-state index is 12.0. The average Bonchev–Trinajstić information content (AvgIpc) is 2.86. The van der Waals surface area contributed by atoms with Gasteiger partial charge in [-0.1, -0.05) is 29.5 Å². The van der Waals surface area contributed by atoms with E-state index in [0.717, 1.165) is 16.3 Å². The number of carbonyl (C=O) groups excluding carboxylic acids is 1. The summed E-state index contributed by atoms with van der Waals surface area (Å²) in [5.41, 5.74) is 1.06. The second-order valence-electron chi connectivity index (χ2n) is 4.89. The van der Waals surface area contributed by atoms with E-state index in [2.05, 4.69) is 15.5 Å². The van der Waals surface area contributed by atoms with Gasteiger partial charge in [-0.15, -0.1) is 10.2 Å². The quantitative estimate of drug-likeness (QED) is 0.848. The van der Waals surface area contributed by atoms with Crippen molar-refractivity contribution in [3.05, 3.63) is 34.8 Å². The molecule has 0 saturated heterocycles. The second kappa shape index (κ2) is 7.86. The van der Waals surface area contributed by atoms with Crippen LogP contribution in [0.25, 0.3) is 0 Å². The Morgan fingerprint density at radius 3 is 2.82 bits per heavy atom. The Balaban J connectivity index is 1.89. The van der Waals surface area contributed by atoms with Crippen LogP contribution < -0.4 is 10.1 Å². The van der Waals surface area contributed by atoms with Gasteiger partial charge in [0, 0.05) is 12.1 Å². The number of amides is 1. The molecule has 1 amide bonds. The van der Waals surface area contributed by atoms with E-state index in [1.165, 1.54) is 11.3 Å². The fraction of sp³-hybridized carbons (Fsp3) is 0.400. The highest BCUT2D eigenvalue weighted by atomic mass is 32.1. The van der Waals surface area contributed by atoms with Crippen molar-refractivity contribution in [3.8, 4) is 5.75 Å². The van der Waals surface area contributed by atoms with E-state index in [4.69, 9.17) is 4.74 Å². The lowest BCUT2D eigenvalue weighted by molar-refractivity contribution is -0.117. The van der Waals surface area contributed by atoms with Crippen molar-refractivity contribution in [2.45, 2.75) is 20.4 Å². The smallest absolute Gasteiger partial charge is 0.240 e. The van der Waals surface area contributed by atoms with Crippen molar-refractivity contribution in [3.63, 3.8) is 0 Å². The van der Waals surface area contributed by atoms with Crippen LogP contribution in [0.1, 0.15) is 17.5 Å². The van der Waals surface area contributed by atoms with E-state index in [9.17, 15) is 4.79 Å². The predicted molar refractivity (Wildman–Crippen MR) is 87.2 cm³/mol. The molecule has 22 heavy (non-hydrogen) atoms. The lowest BCUT2D eigenvalue weighted by atomic mass is 10.2. The van der Waals surface area contributed by atoms with Crippen LogP contribution in [0, 0.1) is 6.92 Å². The SMILES string of the molecule is CCOc1ccccc1CN(C)CC(=O)Nc1nnc(C)s1. The van der Waals surface area contributed by atoms with Gasteiger partial charge in [0.2, 0.25) is 11.0 Å². The molecule has 0 bridgehead atoms. The molecule has 0 aliphatic rings.